The van der Waals surface area contributed by atoms with Crippen molar-refractivity contribution in [3.8, 4) is 0 Å². The van der Waals surface area contributed by atoms with E-state index in [4.69, 9.17) is 11.6 Å². The summed E-state index contributed by atoms with van der Waals surface area (Å²) in [6.45, 7) is 2.09. The zero-order chi connectivity index (χ0) is 6.69. The third kappa shape index (κ3) is 1.43. The Bertz CT molecular complexity index is 166. The van der Waals surface area contributed by atoms with Crippen molar-refractivity contribution in [2.45, 2.75) is 19.2 Å². The highest BCUT2D eigenvalue weighted by atomic mass is 35.5. The molecule has 0 aromatic carbocycles. The van der Waals surface area contributed by atoms with Crippen LogP contribution in [0.1, 0.15) is 17.5 Å². The molecule has 1 aromatic rings. The fourth-order valence-electron chi connectivity index (χ4n) is 0.691. The molecule has 50 valence electrons. The molecule has 0 saturated heterocycles. The van der Waals surface area contributed by atoms with Crippen molar-refractivity contribution < 1.29 is 0 Å². The molecule has 0 spiro atoms. The molecular formula is C6H8ClNS. The fraction of sp³-hybridized carbons (Fsp3) is 0.500. The van der Waals surface area contributed by atoms with Crippen LogP contribution in [0.15, 0.2) is 5.51 Å². The molecule has 0 radical (unpaired) electrons. The summed E-state index contributed by atoms with van der Waals surface area (Å²) in [6, 6.07) is 0. The van der Waals surface area contributed by atoms with Gasteiger partial charge in [-0.15, -0.1) is 22.9 Å². The lowest BCUT2D eigenvalue weighted by molar-refractivity contribution is 1.04. The summed E-state index contributed by atoms with van der Waals surface area (Å²) >= 11 is 7.25. The van der Waals surface area contributed by atoms with E-state index in [9.17, 15) is 0 Å². The molecule has 1 aromatic heterocycles. The van der Waals surface area contributed by atoms with Crippen LogP contribution in [0, 0.1) is 0 Å². The molecule has 0 aliphatic rings. The maximum absolute atomic E-state index is 5.62. The SMILES string of the molecule is CCc1ncsc1CCl. The van der Waals surface area contributed by atoms with E-state index < -0.39 is 0 Å². The molecule has 0 N–H and O–H groups in total. The van der Waals surface area contributed by atoms with Gasteiger partial charge in [-0.05, 0) is 6.42 Å². The van der Waals surface area contributed by atoms with Crippen molar-refractivity contribution in [3.05, 3.63) is 16.1 Å². The second-order valence-corrected chi connectivity index (χ2v) is 2.92. The topological polar surface area (TPSA) is 12.9 Å². The standard InChI is InChI=1S/C6H8ClNS/c1-2-5-6(3-7)9-4-8-5/h4H,2-3H2,1H3. The van der Waals surface area contributed by atoms with Gasteiger partial charge in [0.05, 0.1) is 17.1 Å². The van der Waals surface area contributed by atoms with Gasteiger partial charge in [0.2, 0.25) is 0 Å². The molecule has 0 amide bonds. The first-order valence-corrected chi connectivity index (χ1v) is 4.27. The van der Waals surface area contributed by atoms with Gasteiger partial charge < -0.3 is 0 Å². The molecular weight excluding hydrogens is 154 g/mol. The number of alkyl halides is 1. The number of rotatable bonds is 2. The first-order chi connectivity index (χ1) is 4.38. The predicted octanol–water partition coefficient (Wildman–Crippen LogP) is 2.44. The summed E-state index contributed by atoms with van der Waals surface area (Å²) in [7, 11) is 0. The summed E-state index contributed by atoms with van der Waals surface area (Å²) in [5.41, 5.74) is 2.99. The van der Waals surface area contributed by atoms with Crippen LogP contribution < -0.4 is 0 Å². The average Bonchev–Trinajstić information content (AvgIpc) is 2.33. The smallest absolute Gasteiger partial charge is 0.0798 e. The van der Waals surface area contributed by atoms with E-state index in [0.29, 0.717) is 5.88 Å². The Morgan fingerprint density at radius 1 is 1.78 bits per heavy atom. The Morgan fingerprint density at radius 2 is 2.56 bits per heavy atom. The lowest BCUT2D eigenvalue weighted by atomic mass is 10.3. The van der Waals surface area contributed by atoms with Gasteiger partial charge in [-0.2, -0.15) is 0 Å². The second kappa shape index (κ2) is 3.18. The zero-order valence-electron chi connectivity index (χ0n) is 5.22. The lowest BCUT2D eigenvalue weighted by Gasteiger charge is -1.89. The van der Waals surface area contributed by atoms with Gasteiger partial charge in [-0.25, -0.2) is 4.98 Å². The van der Waals surface area contributed by atoms with Crippen LogP contribution in [0.2, 0.25) is 0 Å². The molecule has 0 atom stereocenters. The van der Waals surface area contributed by atoms with E-state index in [2.05, 4.69) is 11.9 Å². The average molecular weight is 162 g/mol. The monoisotopic (exact) mass is 161 g/mol. The zero-order valence-corrected chi connectivity index (χ0v) is 6.80. The highest BCUT2D eigenvalue weighted by molar-refractivity contribution is 7.10. The van der Waals surface area contributed by atoms with Crippen molar-refractivity contribution in [3.63, 3.8) is 0 Å². The van der Waals surface area contributed by atoms with Crippen molar-refractivity contribution in [2.24, 2.45) is 0 Å². The maximum atomic E-state index is 5.62. The Morgan fingerprint density at radius 3 is 3.00 bits per heavy atom. The van der Waals surface area contributed by atoms with E-state index in [-0.39, 0.29) is 0 Å². The van der Waals surface area contributed by atoms with Gasteiger partial charge in [0, 0.05) is 4.88 Å². The van der Waals surface area contributed by atoms with E-state index >= 15 is 0 Å². The van der Waals surface area contributed by atoms with E-state index in [1.807, 2.05) is 5.51 Å². The Hall–Kier alpha value is -0.0800. The fourth-order valence-corrected chi connectivity index (χ4v) is 1.74. The second-order valence-electron chi connectivity index (χ2n) is 1.71. The maximum Gasteiger partial charge on any atom is 0.0798 e. The lowest BCUT2D eigenvalue weighted by Crippen LogP contribution is -1.83. The van der Waals surface area contributed by atoms with Gasteiger partial charge in [0.1, 0.15) is 0 Å². The van der Waals surface area contributed by atoms with Crippen LogP contribution in [0.4, 0.5) is 0 Å². The number of thiazole rings is 1. The number of halogens is 1. The molecule has 0 bridgehead atoms. The summed E-state index contributed by atoms with van der Waals surface area (Å²) in [5, 5.41) is 0. The van der Waals surface area contributed by atoms with Gasteiger partial charge in [-0.1, -0.05) is 6.92 Å². The van der Waals surface area contributed by atoms with Crippen LogP contribution in [0.3, 0.4) is 0 Å². The Kier molecular flexibility index (Phi) is 2.49. The highest BCUT2D eigenvalue weighted by Crippen LogP contribution is 2.15. The Labute approximate surface area is 63.7 Å². The number of nitrogens with zero attached hydrogens (tertiary/aromatic N) is 1. The third-order valence-electron chi connectivity index (χ3n) is 1.18. The van der Waals surface area contributed by atoms with Crippen LogP contribution in [0.5, 0.6) is 0 Å². The highest BCUT2D eigenvalue weighted by Gasteiger charge is 1.99. The summed E-state index contributed by atoms with van der Waals surface area (Å²) < 4.78 is 0. The van der Waals surface area contributed by atoms with Crippen LogP contribution in [0.25, 0.3) is 0 Å². The minimum Gasteiger partial charge on any atom is -0.249 e. The van der Waals surface area contributed by atoms with Crippen LogP contribution in [-0.4, -0.2) is 4.98 Å². The van der Waals surface area contributed by atoms with E-state index in [1.54, 1.807) is 11.3 Å². The van der Waals surface area contributed by atoms with Crippen molar-refractivity contribution >= 4 is 22.9 Å². The Balaban J connectivity index is 2.85. The minimum absolute atomic E-state index is 0.605. The van der Waals surface area contributed by atoms with Crippen LogP contribution in [-0.2, 0) is 12.3 Å². The van der Waals surface area contributed by atoms with Gasteiger partial charge in [-0.3, -0.25) is 0 Å². The normalized spacial score (nSPS) is 10.0. The molecule has 1 rings (SSSR count). The minimum atomic E-state index is 0.605. The molecule has 1 heterocycles. The van der Waals surface area contributed by atoms with Crippen molar-refractivity contribution in [1.82, 2.24) is 4.98 Å². The van der Waals surface area contributed by atoms with E-state index in [0.717, 1.165) is 12.1 Å². The number of hydrogen-bond donors (Lipinski definition) is 0. The molecule has 1 nitrogen and oxygen atoms in total. The number of hydrogen-bond acceptors (Lipinski definition) is 2. The van der Waals surface area contributed by atoms with E-state index in [1.165, 1.54) is 4.88 Å². The third-order valence-corrected chi connectivity index (χ3v) is 2.48. The van der Waals surface area contributed by atoms with Gasteiger partial charge in [0.15, 0.2) is 0 Å². The molecule has 0 aliphatic heterocycles. The molecule has 9 heavy (non-hydrogen) atoms. The van der Waals surface area contributed by atoms with Crippen molar-refractivity contribution in [1.29, 1.82) is 0 Å². The quantitative estimate of drug-likeness (QED) is 0.608. The molecule has 0 aliphatic carbocycles. The molecule has 0 unspecified atom stereocenters. The summed E-state index contributed by atoms with van der Waals surface area (Å²) in [6.07, 6.45) is 0.992. The number of aryl methyl sites for hydroxylation is 1. The molecule has 3 heteroatoms. The molecule has 0 fully saturated rings. The summed E-state index contributed by atoms with van der Waals surface area (Å²) in [4.78, 5) is 5.35. The largest absolute Gasteiger partial charge is 0.249 e. The van der Waals surface area contributed by atoms with Crippen LogP contribution >= 0.6 is 22.9 Å². The summed E-state index contributed by atoms with van der Waals surface area (Å²) in [5.74, 6) is 0.605. The number of aromatic nitrogens is 1. The first kappa shape index (κ1) is 7.03. The first-order valence-electron chi connectivity index (χ1n) is 2.85. The molecule has 0 saturated carbocycles. The predicted molar refractivity (Wildman–Crippen MR) is 41.0 cm³/mol. The van der Waals surface area contributed by atoms with Gasteiger partial charge in [0.25, 0.3) is 0 Å². The van der Waals surface area contributed by atoms with Gasteiger partial charge >= 0.3 is 0 Å². The van der Waals surface area contributed by atoms with Crippen molar-refractivity contribution in [2.75, 3.05) is 0 Å².